The van der Waals surface area contributed by atoms with Crippen molar-refractivity contribution in [3.8, 4) is 0 Å². The zero-order chi connectivity index (χ0) is 23.3. The lowest BCUT2D eigenvalue weighted by molar-refractivity contribution is -0.126. The number of imide groups is 1. The highest BCUT2D eigenvalue weighted by atomic mass is 35.5. The van der Waals surface area contributed by atoms with Crippen molar-refractivity contribution in [1.82, 2.24) is 0 Å². The first kappa shape index (κ1) is 21.8. The number of hydrogen-bond acceptors (Lipinski definition) is 5. The first-order chi connectivity index (χ1) is 15.9. The van der Waals surface area contributed by atoms with Gasteiger partial charge in [-0.05, 0) is 48.0 Å². The van der Waals surface area contributed by atoms with E-state index in [1.165, 1.54) is 6.07 Å². The fraction of sp³-hybridized carbons (Fsp3) is 0.200. The predicted octanol–water partition coefficient (Wildman–Crippen LogP) is 5.11. The molecule has 3 aromatic rings. The van der Waals surface area contributed by atoms with Crippen molar-refractivity contribution in [1.29, 1.82) is 0 Å². The molecule has 2 aliphatic heterocycles. The second-order valence-corrected chi connectivity index (χ2v) is 9.07. The SMILES string of the molecule is CN(C)c1ccc([C@@H]2[C@@H]3C(=O)N(c4ccc(Cl)c(Cl)c4)C(=O)[C@H]3ON2c2ccccc2)cc1. The summed E-state index contributed by atoms with van der Waals surface area (Å²) in [5.74, 6) is -1.46. The number of hydrogen-bond donors (Lipinski definition) is 0. The van der Waals surface area contributed by atoms with Crippen molar-refractivity contribution in [2.45, 2.75) is 12.1 Å². The maximum atomic E-state index is 13.6. The van der Waals surface area contributed by atoms with Crippen LogP contribution in [0.25, 0.3) is 0 Å². The Morgan fingerprint density at radius 2 is 1.52 bits per heavy atom. The Kier molecular flexibility index (Phi) is 5.52. The monoisotopic (exact) mass is 481 g/mol. The maximum absolute atomic E-state index is 13.6. The Labute approximate surface area is 201 Å². The van der Waals surface area contributed by atoms with Gasteiger partial charge in [0, 0.05) is 19.8 Å². The van der Waals surface area contributed by atoms with Crippen molar-refractivity contribution in [2.75, 3.05) is 29.0 Å². The van der Waals surface area contributed by atoms with E-state index in [0.29, 0.717) is 10.7 Å². The Bertz CT molecular complexity index is 1220. The van der Waals surface area contributed by atoms with Crippen molar-refractivity contribution < 1.29 is 14.4 Å². The lowest BCUT2D eigenvalue weighted by Gasteiger charge is -2.29. The largest absolute Gasteiger partial charge is 0.378 e. The molecule has 3 atom stereocenters. The number of fused-ring (bicyclic) bond motifs is 1. The van der Waals surface area contributed by atoms with Gasteiger partial charge in [-0.15, -0.1) is 0 Å². The highest BCUT2D eigenvalue weighted by Gasteiger charge is 2.60. The molecule has 2 amide bonds. The summed E-state index contributed by atoms with van der Waals surface area (Å²) < 4.78 is 0. The summed E-state index contributed by atoms with van der Waals surface area (Å²) in [6, 6.07) is 21.6. The summed E-state index contributed by atoms with van der Waals surface area (Å²) >= 11 is 12.2. The van der Waals surface area contributed by atoms with E-state index in [1.54, 1.807) is 17.2 Å². The van der Waals surface area contributed by atoms with Crippen LogP contribution in [0.2, 0.25) is 10.0 Å². The van der Waals surface area contributed by atoms with Crippen LogP contribution in [0.15, 0.2) is 72.8 Å². The van der Waals surface area contributed by atoms with Crippen LogP contribution in [0.5, 0.6) is 0 Å². The lowest BCUT2D eigenvalue weighted by atomic mass is 9.90. The molecule has 5 rings (SSSR count). The first-order valence-electron chi connectivity index (χ1n) is 10.5. The van der Waals surface area contributed by atoms with Gasteiger partial charge in [-0.1, -0.05) is 53.5 Å². The number of hydroxylamine groups is 1. The Morgan fingerprint density at radius 3 is 2.15 bits per heavy atom. The van der Waals surface area contributed by atoms with Gasteiger partial charge in [0.25, 0.3) is 5.91 Å². The first-order valence-corrected chi connectivity index (χ1v) is 11.2. The molecular formula is C25H21Cl2N3O3. The minimum Gasteiger partial charge on any atom is -0.378 e. The van der Waals surface area contributed by atoms with Crippen molar-refractivity contribution in [3.05, 3.63) is 88.4 Å². The number of rotatable bonds is 4. The topological polar surface area (TPSA) is 53.1 Å². The van der Waals surface area contributed by atoms with Crippen molar-refractivity contribution in [3.63, 3.8) is 0 Å². The van der Waals surface area contributed by atoms with Crippen LogP contribution in [0.3, 0.4) is 0 Å². The van der Waals surface area contributed by atoms with Crippen molar-refractivity contribution in [2.24, 2.45) is 5.92 Å². The molecule has 0 saturated carbocycles. The summed E-state index contributed by atoms with van der Waals surface area (Å²) in [5.41, 5.74) is 3.07. The molecule has 168 valence electrons. The molecule has 0 spiro atoms. The van der Waals surface area contributed by atoms with Gasteiger partial charge in [0.15, 0.2) is 6.10 Å². The number of carbonyl (C=O) groups excluding carboxylic acids is 2. The van der Waals surface area contributed by atoms with Crippen LogP contribution in [0.1, 0.15) is 11.6 Å². The molecule has 0 radical (unpaired) electrons. The molecule has 33 heavy (non-hydrogen) atoms. The molecule has 2 aliphatic rings. The fourth-order valence-electron chi connectivity index (χ4n) is 4.40. The summed E-state index contributed by atoms with van der Waals surface area (Å²) in [7, 11) is 3.93. The van der Waals surface area contributed by atoms with E-state index in [2.05, 4.69) is 0 Å². The van der Waals surface area contributed by atoms with E-state index in [1.807, 2.05) is 73.6 Å². The number of carbonyl (C=O) groups is 2. The van der Waals surface area contributed by atoms with E-state index in [4.69, 9.17) is 28.0 Å². The highest BCUT2D eigenvalue weighted by molar-refractivity contribution is 6.42. The van der Waals surface area contributed by atoms with Gasteiger partial charge in [0.1, 0.15) is 5.92 Å². The number of nitrogens with zero attached hydrogens (tertiary/aromatic N) is 3. The van der Waals surface area contributed by atoms with Crippen LogP contribution in [0.4, 0.5) is 17.1 Å². The summed E-state index contributed by atoms with van der Waals surface area (Å²) in [5, 5.41) is 2.31. The van der Waals surface area contributed by atoms with E-state index in [-0.39, 0.29) is 10.9 Å². The average molecular weight is 482 g/mol. The summed E-state index contributed by atoms with van der Waals surface area (Å²) in [6.07, 6.45) is -0.939. The van der Waals surface area contributed by atoms with Gasteiger partial charge in [-0.2, -0.15) is 0 Å². The summed E-state index contributed by atoms with van der Waals surface area (Å²) in [4.78, 5) is 36.3. The lowest BCUT2D eigenvalue weighted by Crippen LogP contribution is -2.37. The molecule has 0 aliphatic carbocycles. The molecule has 3 aromatic carbocycles. The molecule has 2 heterocycles. The number of para-hydroxylation sites is 1. The minimum absolute atomic E-state index is 0.273. The second kappa shape index (κ2) is 8.37. The van der Waals surface area contributed by atoms with E-state index >= 15 is 0 Å². The fourth-order valence-corrected chi connectivity index (χ4v) is 4.69. The van der Waals surface area contributed by atoms with Crippen LogP contribution in [-0.2, 0) is 14.4 Å². The van der Waals surface area contributed by atoms with Crippen LogP contribution in [-0.4, -0.2) is 32.0 Å². The molecule has 2 fully saturated rings. The molecule has 0 unspecified atom stereocenters. The zero-order valence-electron chi connectivity index (χ0n) is 18.0. The van der Waals surface area contributed by atoms with Crippen LogP contribution < -0.4 is 14.9 Å². The zero-order valence-corrected chi connectivity index (χ0v) is 19.5. The van der Waals surface area contributed by atoms with Gasteiger partial charge in [-0.3, -0.25) is 14.4 Å². The third-order valence-electron chi connectivity index (χ3n) is 6.04. The maximum Gasteiger partial charge on any atom is 0.266 e. The number of anilines is 3. The third kappa shape index (κ3) is 3.64. The Morgan fingerprint density at radius 1 is 0.818 bits per heavy atom. The predicted molar refractivity (Wildman–Crippen MR) is 130 cm³/mol. The average Bonchev–Trinajstić information content (AvgIpc) is 3.32. The van der Waals surface area contributed by atoms with Crippen LogP contribution in [0, 0.1) is 5.92 Å². The quantitative estimate of drug-likeness (QED) is 0.484. The van der Waals surface area contributed by atoms with Gasteiger partial charge in [0.05, 0.1) is 27.5 Å². The van der Waals surface area contributed by atoms with Gasteiger partial charge in [-0.25, -0.2) is 9.96 Å². The number of halogens is 2. The van der Waals surface area contributed by atoms with Gasteiger partial charge < -0.3 is 4.90 Å². The minimum atomic E-state index is -0.939. The smallest absolute Gasteiger partial charge is 0.266 e. The van der Waals surface area contributed by atoms with Gasteiger partial charge in [0.2, 0.25) is 5.91 Å². The molecule has 0 aromatic heterocycles. The summed E-state index contributed by atoms with van der Waals surface area (Å²) in [6.45, 7) is 0. The Balaban J connectivity index is 1.57. The van der Waals surface area contributed by atoms with E-state index in [0.717, 1.165) is 21.8 Å². The molecule has 0 bridgehead atoms. The van der Waals surface area contributed by atoms with E-state index in [9.17, 15) is 9.59 Å². The van der Waals surface area contributed by atoms with Crippen molar-refractivity contribution >= 4 is 52.1 Å². The third-order valence-corrected chi connectivity index (χ3v) is 6.78. The second-order valence-electron chi connectivity index (χ2n) is 8.25. The highest BCUT2D eigenvalue weighted by Crippen LogP contribution is 2.48. The van der Waals surface area contributed by atoms with Crippen LogP contribution >= 0.6 is 23.2 Å². The number of benzene rings is 3. The Hall–Kier alpha value is -3.06. The van der Waals surface area contributed by atoms with E-state index < -0.39 is 24.0 Å². The standard InChI is InChI=1S/C25H21Cl2N3O3/c1-28(2)16-10-8-15(9-11-16)22-21-23(33-30(22)17-6-4-3-5-7-17)25(32)29(24(21)31)18-12-13-19(26)20(27)14-18/h3-14,21-23H,1-2H3/t21-,22+,23-/m0/s1. The normalized spacial score (nSPS) is 22.1. The number of amides is 2. The molecule has 2 saturated heterocycles. The molecule has 6 nitrogen and oxygen atoms in total. The van der Waals surface area contributed by atoms with Gasteiger partial charge >= 0.3 is 0 Å². The molecule has 8 heteroatoms. The molecule has 0 N–H and O–H groups in total. The molecular weight excluding hydrogens is 461 g/mol.